The number of benzene rings is 2. The number of hydrogen-bond donors (Lipinski definition) is 2. The number of hydrogen-bond acceptors (Lipinski definition) is 7. The van der Waals surface area contributed by atoms with Gasteiger partial charge in [-0.2, -0.15) is 0 Å². The molecule has 292 valence electrons. The van der Waals surface area contributed by atoms with E-state index < -0.39 is 33.8 Å². The van der Waals surface area contributed by atoms with E-state index in [2.05, 4.69) is 32.1 Å². The third-order valence-corrected chi connectivity index (χ3v) is 15.2. The highest BCUT2D eigenvalue weighted by Gasteiger charge is 2.74. The Kier molecular flexibility index (Phi) is 10.4. The lowest BCUT2D eigenvalue weighted by atomic mass is 9.32. The normalized spacial score (nSPS) is 34.8. The second-order valence-electron chi connectivity index (χ2n) is 17.1. The van der Waals surface area contributed by atoms with Crippen molar-refractivity contribution in [1.29, 1.82) is 0 Å². The van der Waals surface area contributed by atoms with Gasteiger partial charge in [-0.05, 0) is 98.4 Å². The number of fused-ring (bicyclic) bond motifs is 1. The molecule has 6 aliphatic carbocycles. The Morgan fingerprint density at radius 2 is 1.67 bits per heavy atom. The fraction of sp³-hybridized carbons (Fsp3) is 0.591. The molecule has 2 bridgehead atoms. The van der Waals surface area contributed by atoms with Gasteiger partial charge in [0.05, 0.1) is 32.3 Å². The van der Waals surface area contributed by atoms with Gasteiger partial charge in [-0.1, -0.05) is 55.8 Å². The van der Waals surface area contributed by atoms with E-state index in [1.54, 1.807) is 44.4 Å². The molecule has 2 spiro atoms. The van der Waals surface area contributed by atoms with Crippen molar-refractivity contribution >= 4 is 23.3 Å². The first-order chi connectivity index (χ1) is 25.7. The Morgan fingerprint density at radius 3 is 2.39 bits per heavy atom. The van der Waals surface area contributed by atoms with Crippen LogP contribution in [0.25, 0.3) is 0 Å². The van der Waals surface area contributed by atoms with Gasteiger partial charge in [0.25, 0.3) is 0 Å². The van der Waals surface area contributed by atoms with Gasteiger partial charge in [0.15, 0.2) is 17.3 Å². The Bertz CT molecular complexity index is 1850. The zero-order valence-corrected chi connectivity index (χ0v) is 33.0. The van der Waals surface area contributed by atoms with Crippen LogP contribution in [0.5, 0.6) is 11.5 Å². The minimum Gasteiger partial charge on any atom is -0.493 e. The van der Waals surface area contributed by atoms with Gasteiger partial charge in [-0.3, -0.25) is 9.59 Å². The van der Waals surface area contributed by atoms with Gasteiger partial charge in [-0.15, -0.1) is 0 Å². The number of methoxy groups -OCH3 is 3. The first-order valence-corrected chi connectivity index (χ1v) is 19.9. The first-order valence-electron chi connectivity index (χ1n) is 19.5. The van der Waals surface area contributed by atoms with Crippen LogP contribution < -0.4 is 9.47 Å². The van der Waals surface area contributed by atoms with Crippen molar-refractivity contribution in [3.05, 3.63) is 82.2 Å². The van der Waals surface area contributed by atoms with Crippen LogP contribution in [0.15, 0.2) is 60.2 Å². The van der Waals surface area contributed by atoms with Gasteiger partial charge in [0.2, 0.25) is 5.91 Å². The highest BCUT2D eigenvalue weighted by atomic mass is 35.5. The summed E-state index contributed by atoms with van der Waals surface area (Å²) in [5, 5.41) is 24.3. The monoisotopic (exact) mass is 763 g/mol. The van der Waals surface area contributed by atoms with Crippen molar-refractivity contribution in [3.8, 4) is 11.5 Å². The maximum atomic E-state index is 15.2. The molecule has 1 unspecified atom stereocenters. The predicted octanol–water partition coefficient (Wildman–Crippen LogP) is 7.31. The van der Waals surface area contributed by atoms with E-state index in [9.17, 15) is 19.8 Å². The summed E-state index contributed by atoms with van der Waals surface area (Å²) in [6.45, 7) is 5.56. The summed E-state index contributed by atoms with van der Waals surface area (Å²) in [5.74, 6) is 0.336. The average molecular weight is 764 g/mol. The van der Waals surface area contributed by atoms with Crippen LogP contribution in [-0.2, 0) is 27.2 Å². The molecule has 2 aromatic carbocycles. The fourth-order valence-corrected chi connectivity index (χ4v) is 12.1. The molecule has 1 amide bonds. The average Bonchev–Trinajstić information content (AvgIpc) is 3.42. The van der Waals surface area contributed by atoms with E-state index in [4.69, 9.17) is 25.8 Å². The summed E-state index contributed by atoms with van der Waals surface area (Å²) in [5.41, 5.74) is -1.64. The minimum atomic E-state index is -1.23. The maximum absolute atomic E-state index is 15.2. The molecular weight excluding hydrogens is 709 g/mol. The summed E-state index contributed by atoms with van der Waals surface area (Å²) < 4.78 is 31.4. The number of rotatable bonds is 13. The fourth-order valence-electron chi connectivity index (χ4n) is 11.9. The molecule has 0 saturated heterocycles. The highest BCUT2D eigenvalue weighted by molar-refractivity contribution is 6.31. The van der Waals surface area contributed by atoms with Gasteiger partial charge < -0.3 is 29.3 Å². The summed E-state index contributed by atoms with van der Waals surface area (Å²) in [7, 11) is 4.78. The second kappa shape index (κ2) is 14.4. The molecule has 8 rings (SSSR count). The maximum Gasteiger partial charge on any atom is 0.227 e. The van der Waals surface area contributed by atoms with Crippen LogP contribution in [0.4, 0.5) is 4.39 Å². The number of carbonyl (C=O) groups is 2. The largest absolute Gasteiger partial charge is 0.493 e. The molecule has 3 fully saturated rings. The first kappa shape index (κ1) is 39.0. The summed E-state index contributed by atoms with van der Waals surface area (Å²) in [4.78, 5) is 30.7. The number of halogens is 2. The van der Waals surface area contributed by atoms with Crippen LogP contribution in [0.1, 0.15) is 76.3 Å². The molecule has 8 atom stereocenters. The number of allylic oxidation sites excluding steroid dienone is 4. The molecule has 0 heterocycles. The van der Waals surface area contributed by atoms with Gasteiger partial charge in [-0.25, -0.2) is 4.39 Å². The van der Waals surface area contributed by atoms with Gasteiger partial charge in [0, 0.05) is 65.6 Å². The number of carbonyl (C=O) groups excluding carboxylic acids is 2. The van der Waals surface area contributed by atoms with Crippen LogP contribution in [0.3, 0.4) is 0 Å². The van der Waals surface area contributed by atoms with E-state index in [1.807, 2.05) is 12.1 Å². The SMILES string of the molecule is COCCCN(C[C@]1(O)CC[C@H]2[C@]34C=C[C@@]5(C=C3C(=O)Cc3c(F)cccc3Cl)CC(O)CC[C@]5(C)[C@H]4CC[C@@]21C)C(=O)Cc1ccc(OC)c(OC)c1. The number of ketones is 1. The molecule has 0 aromatic heterocycles. The quantitative estimate of drug-likeness (QED) is 0.163. The molecule has 8 nitrogen and oxygen atoms in total. The smallest absolute Gasteiger partial charge is 0.227 e. The second-order valence-corrected chi connectivity index (χ2v) is 17.5. The lowest BCUT2D eigenvalue weighted by molar-refractivity contribution is -0.180. The number of aliphatic hydroxyl groups excluding tert-OH is 1. The van der Waals surface area contributed by atoms with Gasteiger partial charge in [0.1, 0.15) is 5.82 Å². The number of amides is 1. The van der Waals surface area contributed by atoms with E-state index >= 15 is 4.39 Å². The molecule has 6 aliphatic rings. The number of aliphatic hydroxyl groups is 2. The molecule has 2 aromatic rings. The highest BCUT2D eigenvalue weighted by Crippen LogP contribution is 2.78. The van der Waals surface area contributed by atoms with Crippen molar-refractivity contribution < 1.29 is 38.4 Å². The van der Waals surface area contributed by atoms with Crippen LogP contribution >= 0.6 is 11.6 Å². The third-order valence-electron chi connectivity index (χ3n) is 14.8. The molecule has 3 saturated carbocycles. The van der Waals surface area contributed by atoms with E-state index in [1.165, 1.54) is 6.07 Å². The third kappa shape index (κ3) is 5.95. The van der Waals surface area contributed by atoms with E-state index in [-0.39, 0.29) is 58.9 Å². The van der Waals surface area contributed by atoms with E-state index in [0.717, 1.165) is 24.8 Å². The Hall–Kier alpha value is -3.24. The summed E-state index contributed by atoms with van der Waals surface area (Å²) in [6, 6.07) is 9.96. The Morgan fingerprint density at radius 1 is 0.944 bits per heavy atom. The lowest BCUT2D eigenvalue weighted by Gasteiger charge is -2.71. The van der Waals surface area contributed by atoms with Crippen LogP contribution in [-0.4, -0.2) is 79.5 Å². The number of Topliss-reactive ketones (excluding diaryl/α,β-unsaturated/α-hetero) is 1. The predicted molar refractivity (Wildman–Crippen MR) is 205 cm³/mol. The minimum absolute atomic E-state index is 0.0902. The molecule has 0 radical (unpaired) electrons. The van der Waals surface area contributed by atoms with Gasteiger partial charge >= 0.3 is 0 Å². The number of ether oxygens (including phenoxy) is 3. The zero-order valence-electron chi connectivity index (χ0n) is 32.3. The van der Waals surface area contributed by atoms with Crippen molar-refractivity contribution in [1.82, 2.24) is 4.90 Å². The van der Waals surface area contributed by atoms with Crippen molar-refractivity contribution in [2.75, 3.05) is 41.0 Å². The van der Waals surface area contributed by atoms with Crippen LogP contribution in [0, 0.1) is 39.3 Å². The van der Waals surface area contributed by atoms with Crippen molar-refractivity contribution in [2.24, 2.45) is 33.5 Å². The molecule has 0 aliphatic heterocycles. The standard InChI is InChI=1S/C44H55ClFNO7/c1-40-15-12-29(48)25-42(40)18-19-44(31(26-42)34(49)24-30-32(45)8-6-9-33(30)46)37(40)13-16-41(2)38(44)14-17-43(41,51)27-47(20-7-21-52-3)39(50)23-28-10-11-35(53-4)36(22-28)54-5/h6,8-11,18-19,22,26,29,37-38,48,51H,7,12-17,20-21,23-25,27H2,1-5H3/t29?,37-,38-,40-,41+,42+,43-,44-/m1/s1. The Labute approximate surface area is 323 Å². The van der Waals surface area contributed by atoms with Crippen molar-refractivity contribution in [2.45, 2.75) is 89.8 Å². The number of nitrogens with zero attached hydrogens (tertiary/aromatic N) is 1. The topological polar surface area (TPSA) is 106 Å². The lowest BCUT2D eigenvalue weighted by Crippen LogP contribution is -2.67. The van der Waals surface area contributed by atoms with Crippen molar-refractivity contribution in [3.63, 3.8) is 0 Å². The molecular formula is C44H55ClFNO7. The Balaban J connectivity index is 1.25. The molecule has 2 N–H and O–H groups in total. The zero-order chi connectivity index (χ0) is 38.7. The summed E-state index contributed by atoms with van der Waals surface area (Å²) in [6.07, 6.45) is 11.5. The summed E-state index contributed by atoms with van der Waals surface area (Å²) >= 11 is 6.48. The molecule has 54 heavy (non-hydrogen) atoms. The van der Waals surface area contributed by atoms with E-state index in [0.29, 0.717) is 62.3 Å². The van der Waals surface area contributed by atoms with Crippen LogP contribution in [0.2, 0.25) is 5.02 Å². The molecule has 10 heteroatoms.